The molecule has 33 heavy (non-hydrogen) atoms. The Labute approximate surface area is 185 Å². The summed E-state index contributed by atoms with van der Waals surface area (Å²) in [6.45, 7) is 0.714. The van der Waals surface area contributed by atoms with E-state index in [0.29, 0.717) is 48.8 Å². The molecule has 2 aliphatic rings. The molecule has 0 bridgehead atoms. The number of anilines is 1. The number of carbonyl (C=O) groups is 1. The van der Waals surface area contributed by atoms with Crippen molar-refractivity contribution in [3.05, 3.63) is 47.2 Å². The Bertz CT molecular complexity index is 1200. The molecule has 0 atom stereocenters. The maximum absolute atomic E-state index is 14.4. The van der Waals surface area contributed by atoms with E-state index in [1.165, 1.54) is 12.4 Å². The number of amides is 1. The maximum Gasteiger partial charge on any atom is 0.471 e. The number of likely N-dealkylation sites (tertiary alicyclic amines) is 1. The number of benzene rings is 1. The fourth-order valence-corrected chi connectivity index (χ4v) is 4.50. The molecular weight excluding hydrogens is 444 g/mol. The molecule has 5 rings (SSSR count). The second-order valence-corrected chi connectivity index (χ2v) is 8.08. The third-order valence-corrected chi connectivity index (χ3v) is 6.19. The summed E-state index contributed by atoms with van der Waals surface area (Å²) in [6.07, 6.45) is -0.417. The van der Waals surface area contributed by atoms with Gasteiger partial charge in [-0.3, -0.25) is 9.20 Å². The molecule has 0 spiro atoms. The van der Waals surface area contributed by atoms with Gasteiger partial charge in [0.25, 0.3) is 0 Å². The zero-order valence-electron chi connectivity index (χ0n) is 17.4. The Balaban J connectivity index is 1.33. The van der Waals surface area contributed by atoms with Gasteiger partial charge in [0.15, 0.2) is 5.65 Å². The van der Waals surface area contributed by atoms with Gasteiger partial charge in [-0.05, 0) is 30.9 Å². The van der Waals surface area contributed by atoms with Crippen LogP contribution in [0.3, 0.4) is 0 Å². The Hall–Kier alpha value is -3.44. The van der Waals surface area contributed by atoms with E-state index in [0.717, 1.165) is 16.0 Å². The normalized spacial score (nSPS) is 16.7. The van der Waals surface area contributed by atoms with E-state index in [2.05, 4.69) is 20.5 Å². The smallest absolute Gasteiger partial charge is 0.471 e. The lowest BCUT2D eigenvalue weighted by atomic mass is 9.90. The highest BCUT2D eigenvalue weighted by molar-refractivity contribution is 5.82. The van der Waals surface area contributed by atoms with Gasteiger partial charge in [0.05, 0.1) is 6.61 Å². The lowest BCUT2D eigenvalue weighted by Gasteiger charge is -2.32. The highest BCUT2D eigenvalue weighted by atomic mass is 19.4. The number of halogens is 4. The molecular formula is C21H20F4N6O2. The molecule has 12 heteroatoms. The highest BCUT2D eigenvalue weighted by Crippen LogP contribution is 2.33. The van der Waals surface area contributed by atoms with Gasteiger partial charge in [0.1, 0.15) is 17.9 Å². The third kappa shape index (κ3) is 3.93. The second kappa shape index (κ2) is 8.16. The van der Waals surface area contributed by atoms with Crippen LogP contribution in [0.25, 0.3) is 5.65 Å². The zero-order chi connectivity index (χ0) is 23.2. The van der Waals surface area contributed by atoms with Crippen LogP contribution in [0.2, 0.25) is 0 Å². The molecule has 0 radical (unpaired) electrons. The van der Waals surface area contributed by atoms with Gasteiger partial charge in [-0.2, -0.15) is 13.2 Å². The predicted molar refractivity (Wildman–Crippen MR) is 108 cm³/mol. The number of hydrogen-bond donors (Lipinski definition) is 1. The topological polar surface area (TPSA) is 84.7 Å². The number of alkyl halides is 3. The summed E-state index contributed by atoms with van der Waals surface area (Å²) in [5.41, 5.74) is 2.62. The first kappa shape index (κ1) is 21.4. The summed E-state index contributed by atoms with van der Waals surface area (Å²) in [4.78, 5) is 16.8. The van der Waals surface area contributed by atoms with Gasteiger partial charge in [-0.1, -0.05) is 0 Å². The number of nitrogens with zero attached hydrogens (tertiary/aromatic N) is 5. The van der Waals surface area contributed by atoms with Crippen LogP contribution in [0, 0.1) is 5.82 Å². The van der Waals surface area contributed by atoms with Crippen molar-refractivity contribution >= 4 is 17.5 Å². The average molecular weight is 464 g/mol. The summed E-state index contributed by atoms with van der Waals surface area (Å²) in [5, 5.41) is 11.2. The summed E-state index contributed by atoms with van der Waals surface area (Å²) in [6, 6.07) is 3.00. The monoisotopic (exact) mass is 464 g/mol. The fraction of sp³-hybridized carbons (Fsp3) is 0.429. The van der Waals surface area contributed by atoms with Crippen molar-refractivity contribution in [3.8, 4) is 5.75 Å². The van der Waals surface area contributed by atoms with Gasteiger partial charge in [0.2, 0.25) is 5.95 Å². The third-order valence-electron chi connectivity index (χ3n) is 6.19. The molecule has 8 nitrogen and oxygen atoms in total. The molecule has 4 heterocycles. The van der Waals surface area contributed by atoms with Gasteiger partial charge < -0.3 is 15.0 Å². The van der Waals surface area contributed by atoms with Gasteiger partial charge in [-0.15, -0.1) is 10.2 Å². The summed E-state index contributed by atoms with van der Waals surface area (Å²) in [5.74, 6) is -1.15. The van der Waals surface area contributed by atoms with Crippen LogP contribution in [-0.4, -0.2) is 56.3 Å². The van der Waals surface area contributed by atoms with Crippen LogP contribution < -0.4 is 10.1 Å². The lowest BCUT2D eigenvalue weighted by molar-refractivity contribution is -0.186. The van der Waals surface area contributed by atoms with E-state index < -0.39 is 12.1 Å². The van der Waals surface area contributed by atoms with E-state index >= 15 is 0 Å². The van der Waals surface area contributed by atoms with Crippen molar-refractivity contribution in [3.63, 3.8) is 0 Å². The molecule has 0 unspecified atom stereocenters. The molecule has 2 aliphatic heterocycles. The number of piperidine rings is 1. The number of hydrogen-bond acceptors (Lipinski definition) is 6. The first-order chi connectivity index (χ1) is 15.8. The zero-order valence-corrected chi connectivity index (χ0v) is 17.4. The van der Waals surface area contributed by atoms with E-state index in [1.54, 1.807) is 16.7 Å². The number of rotatable bonds is 4. The van der Waals surface area contributed by atoms with Crippen LogP contribution in [-0.2, 0) is 17.8 Å². The van der Waals surface area contributed by atoms with Crippen LogP contribution in [0.5, 0.6) is 5.75 Å². The summed E-state index contributed by atoms with van der Waals surface area (Å²) >= 11 is 0. The fourth-order valence-electron chi connectivity index (χ4n) is 4.50. The first-order valence-corrected chi connectivity index (χ1v) is 10.5. The molecule has 0 saturated carbocycles. The molecule has 1 N–H and O–H groups in total. The van der Waals surface area contributed by atoms with Crippen LogP contribution >= 0.6 is 0 Å². The molecule has 3 aromatic rings. The van der Waals surface area contributed by atoms with Crippen molar-refractivity contribution in [2.24, 2.45) is 0 Å². The Kier molecular flexibility index (Phi) is 5.29. The minimum atomic E-state index is -4.87. The first-order valence-electron chi connectivity index (χ1n) is 10.5. The largest absolute Gasteiger partial charge is 0.493 e. The van der Waals surface area contributed by atoms with Crippen LogP contribution in [0.4, 0.5) is 23.5 Å². The second-order valence-electron chi connectivity index (χ2n) is 8.08. The Morgan fingerprint density at radius 2 is 2.03 bits per heavy atom. The van der Waals surface area contributed by atoms with Crippen molar-refractivity contribution in [2.75, 3.05) is 25.0 Å². The Morgan fingerprint density at radius 1 is 1.24 bits per heavy atom. The van der Waals surface area contributed by atoms with Gasteiger partial charge in [-0.25, -0.2) is 9.37 Å². The SMILES string of the molecule is O=C(N1CCC(c2cnc(NCc3c(F)ccc4c3CCO4)n3cnnc23)CC1)C(F)(F)F. The molecule has 1 saturated heterocycles. The molecule has 2 aromatic heterocycles. The standard InChI is InChI=1S/C21H20F4N6O2/c22-16-1-2-17-13(5-8-33-17)15(16)10-27-20-26-9-14(18-29-28-11-31(18)20)12-3-6-30(7-4-12)19(32)21(23,24)25/h1-2,9,11-12H,3-8,10H2,(H,26,27). The maximum atomic E-state index is 14.4. The number of ether oxygens (including phenoxy) is 1. The predicted octanol–water partition coefficient (Wildman–Crippen LogP) is 3.08. The summed E-state index contributed by atoms with van der Waals surface area (Å²) < 4.78 is 59.7. The lowest BCUT2D eigenvalue weighted by Crippen LogP contribution is -2.45. The van der Waals surface area contributed by atoms with Gasteiger partial charge >= 0.3 is 12.1 Å². The van der Waals surface area contributed by atoms with E-state index in [4.69, 9.17) is 4.74 Å². The van der Waals surface area contributed by atoms with Crippen molar-refractivity contribution < 1.29 is 27.1 Å². The van der Waals surface area contributed by atoms with Crippen molar-refractivity contribution in [1.82, 2.24) is 24.5 Å². The number of fused-ring (bicyclic) bond motifs is 2. The number of nitrogens with one attached hydrogen (secondary N) is 1. The van der Waals surface area contributed by atoms with Crippen molar-refractivity contribution in [1.29, 1.82) is 0 Å². The van der Waals surface area contributed by atoms with E-state index in [1.807, 2.05) is 0 Å². The van der Waals surface area contributed by atoms with Gasteiger partial charge in [0, 0.05) is 48.9 Å². The molecule has 1 fully saturated rings. The highest BCUT2D eigenvalue weighted by Gasteiger charge is 2.43. The molecule has 1 aromatic carbocycles. The van der Waals surface area contributed by atoms with E-state index in [-0.39, 0.29) is 31.4 Å². The Morgan fingerprint density at radius 3 is 2.79 bits per heavy atom. The quantitative estimate of drug-likeness (QED) is 0.598. The van der Waals surface area contributed by atoms with Crippen molar-refractivity contribution in [2.45, 2.75) is 37.9 Å². The van der Waals surface area contributed by atoms with Crippen LogP contribution in [0.15, 0.2) is 24.7 Å². The minimum Gasteiger partial charge on any atom is -0.493 e. The number of aromatic nitrogens is 4. The van der Waals surface area contributed by atoms with E-state index in [9.17, 15) is 22.4 Å². The molecule has 0 aliphatic carbocycles. The summed E-state index contributed by atoms with van der Waals surface area (Å²) in [7, 11) is 0. The minimum absolute atomic E-state index is 0.00374. The van der Waals surface area contributed by atoms with Crippen LogP contribution in [0.1, 0.15) is 35.4 Å². The molecule has 1 amide bonds. The average Bonchev–Trinajstić information content (AvgIpc) is 3.47. The molecule has 174 valence electrons. The number of carbonyl (C=O) groups excluding carboxylic acids is 1.